The van der Waals surface area contributed by atoms with Gasteiger partial charge in [-0.3, -0.25) is 4.79 Å². The molecule has 1 aliphatic carbocycles. The highest BCUT2D eigenvalue weighted by Crippen LogP contribution is 2.30. The maximum atomic E-state index is 12.6. The van der Waals surface area contributed by atoms with E-state index < -0.39 is 0 Å². The number of benzene rings is 1. The van der Waals surface area contributed by atoms with Crippen LogP contribution in [0.15, 0.2) is 41.9 Å². The molecular formula is C20H22N4OS. The number of hydrogen-bond acceptors (Lipinski definition) is 4. The highest BCUT2D eigenvalue weighted by molar-refractivity contribution is 7.13. The Morgan fingerprint density at radius 2 is 1.92 bits per heavy atom. The first kappa shape index (κ1) is 17.0. The molecule has 3 aromatic rings. The number of hydrogen-bond donors (Lipinski definition) is 1. The van der Waals surface area contributed by atoms with Crippen molar-refractivity contribution in [3.8, 4) is 10.6 Å². The topological polar surface area (TPSA) is 59.8 Å². The number of anilines is 1. The van der Waals surface area contributed by atoms with Gasteiger partial charge < -0.3 is 5.32 Å². The Bertz CT molecular complexity index is 891. The van der Waals surface area contributed by atoms with Crippen LogP contribution in [-0.2, 0) is 0 Å². The summed E-state index contributed by atoms with van der Waals surface area (Å²) in [5.41, 5.74) is 2.69. The van der Waals surface area contributed by atoms with Crippen molar-refractivity contribution in [2.24, 2.45) is 0 Å². The average molecular weight is 366 g/mol. The Morgan fingerprint density at radius 1 is 1.15 bits per heavy atom. The molecule has 2 aromatic heterocycles. The molecule has 4 rings (SSSR count). The van der Waals surface area contributed by atoms with Crippen molar-refractivity contribution in [3.05, 3.63) is 53.2 Å². The highest BCUT2D eigenvalue weighted by atomic mass is 32.1. The number of carbonyl (C=O) groups excluding carboxylic acids is 1. The molecule has 0 aliphatic heterocycles. The van der Waals surface area contributed by atoms with E-state index in [1.165, 1.54) is 36.2 Å². The largest absolute Gasteiger partial charge is 0.305 e. The fourth-order valence-corrected chi connectivity index (χ4v) is 4.22. The van der Waals surface area contributed by atoms with E-state index in [1.807, 2.05) is 28.3 Å². The molecule has 0 unspecified atom stereocenters. The first-order chi connectivity index (χ1) is 12.7. The van der Waals surface area contributed by atoms with Gasteiger partial charge in [0, 0.05) is 17.0 Å². The Morgan fingerprint density at radius 3 is 2.69 bits per heavy atom. The molecule has 1 fully saturated rings. The number of rotatable bonds is 4. The highest BCUT2D eigenvalue weighted by Gasteiger charge is 2.20. The molecule has 0 spiro atoms. The summed E-state index contributed by atoms with van der Waals surface area (Å²) in [5, 5.41) is 10.1. The van der Waals surface area contributed by atoms with Gasteiger partial charge in [0.15, 0.2) is 0 Å². The van der Waals surface area contributed by atoms with Crippen LogP contribution in [0.4, 0.5) is 5.82 Å². The molecule has 5 nitrogen and oxygen atoms in total. The number of thiazole rings is 1. The van der Waals surface area contributed by atoms with E-state index in [0.717, 1.165) is 29.2 Å². The van der Waals surface area contributed by atoms with Gasteiger partial charge in [-0.05, 0) is 19.8 Å². The van der Waals surface area contributed by atoms with Crippen LogP contribution in [-0.4, -0.2) is 20.7 Å². The Labute approximate surface area is 157 Å². The summed E-state index contributed by atoms with van der Waals surface area (Å²) >= 11 is 1.49. The van der Waals surface area contributed by atoms with Gasteiger partial charge in [0.25, 0.3) is 5.91 Å². The molecule has 6 heteroatoms. The Kier molecular flexibility index (Phi) is 4.84. The van der Waals surface area contributed by atoms with Crippen LogP contribution in [0.5, 0.6) is 0 Å². The van der Waals surface area contributed by atoms with Gasteiger partial charge in [0.1, 0.15) is 16.5 Å². The molecule has 1 aliphatic rings. The predicted molar refractivity (Wildman–Crippen MR) is 105 cm³/mol. The summed E-state index contributed by atoms with van der Waals surface area (Å²) in [6.07, 6.45) is 7.74. The van der Waals surface area contributed by atoms with Crippen molar-refractivity contribution in [1.29, 1.82) is 0 Å². The molecular weight excluding hydrogens is 344 g/mol. The van der Waals surface area contributed by atoms with Gasteiger partial charge in [-0.15, -0.1) is 11.3 Å². The van der Waals surface area contributed by atoms with Crippen LogP contribution in [0.2, 0.25) is 0 Å². The number of nitrogens with one attached hydrogen (secondary N) is 1. The summed E-state index contributed by atoms with van der Waals surface area (Å²) < 4.78 is 1.96. The summed E-state index contributed by atoms with van der Waals surface area (Å²) in [6, 6.07) is 10.4. The lowest BCUT2D eigenvalue weighted by Gasteiger charge is -2.23. The smallest absolute Gasteiger partial charge is 0.276 e. The summed E-state index contributed by atoms with van der Waals surface area (Å²) in [7, 11) is 0. The van der Waals surface area contributed by atoms with Gasteiger partial charge in [-0.2, -0.15) is 5.10 Å². The van der Waals surface area contributed by atoms with Crippen molar-refractivity contribution >= 4 is 23.1 Å². The molecule has 0 radical (unpaired) electrons. The van der Waals surface area contributed by atoms with E-state index in [2.05, 4.69) is 34.5 Å². The first-order valence-corrected chi connectivity index (χ1v) is 9.96. The minimum atomic E-state index is -0.183. The number of amides is 1. The maximum Gasteiger partial charge on any atom is 0.276 e. The number of aromatic nitrogens is 3. The van der Waals surface area contributed by atoms with E-state index in [4.69, 9.17) is 0 Å². The molecule has 0 bridgehead atoms. The molecule has 1 saturated carbocycles. The quantitative estimate of drug-likeness (QED) is 0.701. The summed E-state index contributed by atoms with van der Waals surface area (Å²) in [4.78, 5) is 17.1. The van der Waals surface area contributed by atoms with E-state index in [1.54, 1.807) is 6.20 Å². The monoisotopic (exact) mass is 366 g/mol. The number of aryl methyl sites for hydroxylation is 1. The van der Waals surface area contributed by atoms with Crippen molar-refractivity contribution < 1.29 is 4.79 Å². The zero-order valence-electron chi connectivity index (χ0n) is 14.8. The zero-order chi connectivity index (χ0) is 17.9. The molecule has 2 heterocycles. The molecule has 134 valence electrons. The van der Waals surface area contributed by atoms with Crippen LogP contribution < -0.4 is 5.32 Å². The Hall–Kier alpha value is -2.47. The van der Waals surface area contributed by atoms with E-state index in [9.17, 15) is 4.79 Å². The fraction of sp³-hybridized carbons (Fsp3) is 0.350. The zero-order valence-corrected chi connectivity index (χ0v) is 15.6. The lowest BCUT2D eigenvalue weighted by molar-refractivity contribution is 0.102. The van der Waals surface area contributed by atoms with Crippen molar-refractivity contribution in [1.82, 2.24) is 14.8 Å². The normalized spacial score (nSPS) is 15.1. The third kappa shape index (κ3) is 3.55. The molecule has 1 N–H and O–H groups in total. The van der Waals surface area contributed by atoms with Crippen LogP contribution in [0.25, 0.3) is 10.6 Å². The lowest BCUT2D eigenvalue weighted by atomic mass is 9.96. The third-order valence-corrected chi connectivity index (χ3v) is 5.76. The number of nitrogens with zero attached hydrogens (tertiary/aromatic N) is 3. The summed E-state index contributed by atoms with van der Waals surface area (Å²) in [5.74, 6) is 0.573. The molecule has 26 heavy (non-hydrogen) atoms. The van der Waals surface area contributed by atoms with E-state index in [0.29, 0.717) is 11.7 Å². The SMILES string of the molecule is Cc1ccc(-c2nc(C(=O)Nc3ccnn3C3CCCCC3)cs2)cc1. The van der Waals surface area contributed by atoms with Gasteiger partial charge in [-0.1, -0.05) is 49.1 Å². The maximum absolute atomic E-state index is 12.6. The predicted octanol–water partition coefficient (Wildman–Crippen LogP) is 5.07. The lowest BCUT2D eigenvalue weighted by Crippen LogP contribution is -2.20. The van der Waals surface area contributed by atoms with Gasteiger partial charge in [0.2, 0.25) is 0 Å². The van der Waals surface area contributed by atoms with Crippen molar-refractivity contribution in [3.63, 3.8) is 0 Å². The van der Waals surface area contributed by atoms with E-state index >= 15 is 0 Å². The van der Waals surface area contributed by atoms with Crippen LogP contribution in [0, 0.1) is 6.92 Å². The van der Waals surface area contributed by atoms with Crippen molar-refractivity contribution in [2.45, 2.75) is 45.1 Å². The standard InChI is InChI=1S/C20H22N4OS/c1-14-7-9-15(10-8-14)20-22-17(13-26-20)19(25)23-18-11-12-21-24(18)16-5-3-2-4-6-16/h7-13,16H,2-6H2,1H3,(H,23,25). The van der Waals surface area contributed by atoms with Gasteiger partial charge >= 0.3 is 0 Å². The first-order valence-electron chi connectivity index (χ1n) is 9.08. The second-order valence-electron chi connectivity index (χ2n) is 6.81. The second-order valence-corrected chi connectivity index (χ2v) is 7.67. The fourth-order valence-electron chi connectivity index (χ4n) is 3.42. The average Bonchev–Trinajstić information content (AvgIpc) is 3.33. The summed E-state index contributed by atoms with van der Waals surface area (Å²) in [6.45, 7) is 2.06. The number of carbonyl (C=O) groups is 1. The second kappa shape index (κ2) is 7.41. The van der Waals surface area contributed by atoms with E-state index in [-0.39, 0.29) is 5.91 Å². The molecule has 1 amide bonds. The molecule has 0 atom stereocenters. The van der Waals surface area contributed by atoms with Gasteiger partial charge in [-0.25, -0.2) is 9.67 Å². The molecule has 1 aromatic carbocycles. The van der Waals surface area contributed by atoms with Crippen LogP contribution >= 0.6 is 11.3 Å². The van der Waals surface area contributed by atoms with Crippen LogP contribution in [0.3, 0.4) is 0 Å². The minimum absolute atomic E-state index is 0.183. The third-order valence-electron chi connectivity index (χ3n) is 4.87. The van der Waals surface area contributed by atoms with Gasteiger partial charge in [0.05, 0.1) is 12.2 Å². The Balaban J connectivity index is 1.49. The van der Waals surface area contributed by atoms with Crippen LogP contribution in [0.1, 0.15) is 54.2 Å². The van der Waals surface area contributed by atoms with Crippen molar-refractivity contribution in [2.75, 3.05) is 5.32 Å². The minimum Gasteiger partial charge on any atom is -0.305 e. The molecule has 0 saturated heterocycles.